The second-order valence-electron chi connectivity index (χ2n) is 9.57. The van der Waals surface area contributed by atoms with E-state index in [1.54, 1.807) is 0 Å². The van der Waals surface area contributed by atoms with Crippen LogP contribution in [0.2, 0.25) is 0 Å². The Morgan fingerprint density at radius 3 is 2.04 bits per heavy atom. The first-order chi connectivity index (χ1) is 11.5. The monoisotopic (exact) mass is 344 g/mol. The molecule has 0 aliphatic carbocycles. The predicted octanol–water partition coefficient (Wildman–Crippen LogP) is 4.18. The molecule has 0 bridgehead atoms. The van der Waals surface area contributed by atoms with Gasteiger partial charge in [0, 0.05) is 13.2 Å². The van der Waals surface area contributed by atoms with E-state index in [-0.39, 0.29) is 23.7 Å². The van der Waals surface area contributed by atoms with E-state index in [0.29, 0.717) is 5.92 Å². The molecule has 0 unspecified atom stereocenters. The van der Waals surface area contributed by atoms with Gasteiger partial charge in [-0.05, 0) is 68.5 Å². The molecule has 3 rings (SSSR count). The number of ether oxygens (including phenoxy) is 1. The number of benzene rings is 1. The van der Waals surface area contributed by atoms with Crippen molar-refractivity contribution < 1.29 is 14.0 Å². The van der Waals surface area contributed by atoms with Crippen molar-refractivity contribution in [1.29, 1.82) is 0 Å². The van der Waals surface area contributed by atoms with Crippen molar-refractivity contribution in [3.63, 3.8) is 0 Å². The van der Waals surface area contributed by atoms with Gasteiger partial charge in [-0.2, -0.15) is 0 Å². The fourth-order valence-electron chi connectivity index (χ4n) is 3.71. The lowest BCUT2D eigenvalue weighted by molar-refractivity contribution is 0.00578. The molecular weight excluding hydrogens is 311 g/mol. The first kappa shape index (κ1) is 18.9. The standard InChI is InChI=1S/C21H33BO3/c1-19(2,3)18-14-16(22-24-20(4,5)21(6,7)25-22)8-9-17(18)15-10-12-23-13-11-15/h8-9,14-15H,10-13H2,1-7H3. The van der Waals surface area contributed by atoms with Gasteiger partial charge in [0.1, 0.15) is 0 Å². The molecular formula is C21H33BO3. The highest BCUT2D eigenvalue weighted by Gasteiger charge is 2.51. The van der Waals surface area contributed by atoms with Gasteiger partial charge in [-0.25, -0.2) is 0 Å². The van der Waals surface area contributed by atoms with Crippen LogP contribution in [0.25, 0.3) is 0 Å². The van der Waals surface area contributed by atoms with Crippen LogP contribution >= 0.6 is 0 Å². The average Bonchev–Trinajstić information content (AvgIpc) is 2.75. The van der Waals surface area contributed by atoms with Crippen molar-refractivity contribution in [2.75, 3.05) is 13.2 Å². The highest BCUT2D eigenvalue weighted by atomic mass is 16.7. The van der Waals surface area contributed by atoms with E-state index in [1.807, 2.05) is 0 Å². The van der Waals surface area contributed by atoms with E-state index in [1.165, 1.54) is 11.1 Å². The Morgan fingerprint density at radius 2 is 1.52 bits per heavy atom. The van der Waals surface area contributed by atoms with Crippen LogP contribution in [-0.4, -0.2) is 31.5 Å². The third-order valence-corrected chi connectivity index (χ3v) is 6.07. The summed E-state index contributed by atoms with van der Waals surface area (Å²) in [6, 6.07) is 6.81. The number of hydrogen-bond acceptors (Lipinski definition) is 3. The molecule has 0 amide bonds. The first-order valence-corrected chi connectivity index (χ1v) is 9.59. The van der Waals surface area contributed by atoms with E-state index in [2.05, 4.69) is 66.7 Å². The minimum absolute atomic E-state index is 0.0906. The molecule has 25 heavy (non-hydrogen) atoms. The van der Waals surface area contributed by atoms with Gasteiger partial charge in [0.05, 0.1) is 11.2 Å². The van der Waals surface area contributed by atoms with Gasteiger partial charge in [-0.1, -0.05) is 39.0 Å². The summed E-state index contributed by atoms with van der Waals surface area (Å²) in [7, 11) is -0.296. The molecule has 2 aliphatic rings. The molecule has 0 radical (unpaired) electrons. The third kappa shape index (κ3) is 3.67. The minimum Gasteiger partial charge on any atom is -0.399 e. The lowest BCUT2D eigenvalue weighted by atomic mass is 9.71. The fraction of sp³-hybridized carbons (Fsp3) is 0.714. The third-order valence-electron chi connectivity index (χ3n) is 6.07. The Balaban J connectivity index is 1.95. The maximum Gasteiger partial charge on any atom is 0.494 e. The van der Waals surface area contributed by atoms with Crippen LogP contribution < -0.4 is 5.46 Å². The van der Waals surface area contributed by atoms with Gasteiger partial charge in [0.25, 0.3) is 0 Å². The van der Waals surface area contributed by atoms with E-state index < -0.39 is 0 Å². The number of hydrogen-bond donors (Lipinski definition) is 0. The molecule has 2 fully saturated rings. The maximum absolute atomic E-state index is 6.26. The van der Waals surface area contributed by atoms with E-state index in [0.717, 1.165) is 31.5 Å². The molecule has 138 valence electrons. The SMILES string of the molecule is CC(C)(C)c1cc(B2OC(C)(C)C(C)(C)O2)ccc1C1CCOCC1. The van der Waals surface area contributed by atoms with Crippen LogP contribution in [0.3, 0.4) is 0 Å². The number of rotatable bonds is 2. The molecule has 2 aliphatic heterocycles. The first-order valence-electron chi connectivity index (χ1n) is 9.59. The van der Waals surface area contributed by atoms with Crippen LogP contribution in [0.4, 0.5) is 0 Å². The molecule has 1 aromatic rings. The largest absolute Gasteiger partial charge is 0.494 e. The molecule has 1 aromatic carbocycles. The maximum atomic E-state index is 6.26. The zero-order valence-corrected chi connectivity index (χ0v) is 16.9. The second kappa shape index (κ2) is 6.40. The van der Waals surface area contributed by atoms with Gasteiger partial charge >= 0.3 is 7.12 Å². The topological polar surface area (TPSA) is 27.7 Å². The molecule has 4 heteroatoms. The zero-order chi connectivity index (χ0) is 18.5. The summed E-state index contributed by atoms with van der Waals surface area (Å²) < 4.78 is 18.1. The van der Waals surface area contributed by atoms with E-state index >= 15 is 0 Å². The Morgan fingerprint density at radius 1 is 0.960 bits per heavy atom. The molecule has 0 atom stereocenters. The lowest BCUT2D eigenvalue weighted by Crippen LogP contribution is -2.41. The molecule has 0 aromatic heterocycles. The van der Waals surface area contributed by atoms with Crippen LogP contribution in [0.5, 0.6) is 0 Å². The smallest absolute Gasteiger partial charge is 0.399 e. The summed E-state index contributed by atoms with van der Waals surface area (Å²) in [6.45, 7) is 17.0. The molecule has 2 saturated heterocycles. The summed E-state index contributed by atoms with van der Waals surface area (Å²) in [6.07, 6.45) is 2.22. The fourth-order valence-corrected chi connectivity index (χ4v) is 3.71. The van der Waals surface area contributed by atoms with Gasteiger partial charge < -0.3 is 14.0 Å². The van der Waals surface area contributed by atoms with Crippen LogP contribution in [0, 0.1) is 0 Å². The van der Waals surface area contributed by atoms with Gasteiger partial charge in [0.2, 0.25) is 0 Å². The normalized spacial score (nSPS) is 23.9. The zero-order valence-electron chi connectivity index (χ0n) is 16.9. The van der Waals surface area contributed by atoms with Crippen molar-refractivity contribution in [3.05, 3.63) is 29.3 Å². The van der Waals surface area contributed by atoms with Crippen molar-refractivity contribution in [2.45, 2.75) is 83.8 Å². The van der Waals surface area contributed by atoms with Crippen LogP contribution in [0.15, 0.2) is 18.2 Å². The van der Waals surface area contributed by atoms with Crippen molar-refractivity contribution in [2.24, 2.45) is 0 Å². The molecule has 0 N–H and O–H groups in total. The van der Waals surface area contributed by atoms with E-state index in [4.69, 9.17) is 14.0 Å². The Bertz CT molecular complexity index is 609. The summed E-state index contributed by atoms with van der Waals surface area (Å²) in [5, 5.41) is 0. The van der Waals surface area contributed by atoms with Crippen molar-refractivity contribution in [3.8, 4) is 0 Å². The molecule has 0 spiro atoms. The predicted molar refractivity (Wildman–Crippen MR) is 104 cm³/mol. The van der Waals surface area contributed by atoms with Crippen LogP contribution in [-0.2, 0) is 19.5 Å². The quantitative estimate of drug-likeness (QED) is 0.754. The Labute approximate surface area is 153 Å². The Hall–Kier alpha value is -0.835. The Kier molecular flexibility index (Phi) is 4.85. The summed E-state index contributed by atoms with van der Waals surface area (Å²) >= 11 is 0. The van der Waals surface area contributed by atoms with E-state index in [9.17, 15) is 0 Å². The molecule has 0 saturated carbocycles. The minimum atomic E-state index is -0.307. The summed E-state index contributed by atoms with van der Waals surface area (Å²) in [5.41, 5.74) is 3.48. The van der Waals surface area contributed by atoms with Gasteiger partial charge in [-0.15, -0.1) is 0 Å². The highest BCUT2D eigenvalue weighted by Crippen LogP contribution is 2.38. The average molecular weight is 344 g/mol. The van der Waals surface area contributed by atoms with Gasteiger partial charge in [-0.3, -0.25) is 0 Å². The highest BCUT2D eigenvalue weighted by molar-refractivity contribution is 6.62. The lowest BCUT2D eigenvalue weighted by Gasteiger charge is -2.32. The molecule has 2 heterocycles. The summed E-state index contributed by atoms with van der Waals surface area (Å²) in [5.74, 6) is 0.593. The summed E-state index contributed by atoms with van der Waals surface area (Å²) in [4.78, 5) is 0. The van der Waals surface area contributed by atoms with Gasteiger partial charge in [0.15, 0.2) is 0 Å². The molecule has 3 nitrogen and oxygen atoms in total. The van der Waals surface area contributed by atoms with Crippen molar-refractivity contribution >= 4 is 12.6 Å². The van der Waals surface area contributed by atoms with Crippen molar-refractivity contribution in [1.82, 2.24) is 0 Å². The van der Waals surface area contributed by atoms with Crippen LogP contribution in [0.1, 0.15) is 78.4 Å². The second-order valence-corrected chi connectivity index (χ2v) is 9.57.